The lowest BCUT2D eigenvalue weighted by Gasteiger charge is -2.40. The highest BCUT2D eigenvalue weighted by Crippen LogP contribution is 2.31. The molecule has 2 N–H and O–H groups in total. The molecule has 2 heterocycles. The van der Waals surface area contributed by atoms with Crippen LogP contribution in [-0.4, -0.2) is 40.9 Å². The molecular weight excluding hydrogens is 377 g/mol. The number of nitrogen functional groups attached to an aromatic ring is 1. The van der Waals surface area contributed by atoms with E-state index >= 15 is 0 Å². The number of benzene rings is 2. The number of piperazine rings is 1. The fraction of sp³-hybridized carbons (Fsp3) is 0.318. The molecule has 2 aromatic rings. The molecule has 2 aliphatic rings. The Morgan fingerprint density at radius 2 is 1.82 bits per heavy atom. The van der Waals surface area contributed by atoms with Gasteiger partial charge in [-0.2, -0.15) is 0 Å². The molecule has 2 fully saturated rings. The summed E-state index contributed by atoms with van der Waals surface area (Å²) in [5, 5.41) is 0.580. The number of nitrogens with two attached hydrogens (primary N) is 1. The van der Waals surface area contributed by atoms with E-state index in [1.54, 1.807) is 24.3 Å². The van der Waals surface area contributed by atoms with Gasteiger partial charge in [0.15, 0.2) is 0 Å². The highest BCUT2D eigenvalue weighted by molar-refractivity contribution is 6.30. The number of carbonyl (C=O) groups excluding carboxylic acids is 1. The minimum absolute atomic E-state index is 0.0308. The van der Waals surface area contributed by atoms with E-state index < -0.39 is 0 Å². The van der Waals surface area contributed by atoms with E-state index in [0.29, 0.717) is 10.7 Å². The molecule has 2 bridgehead atoms. The third-order valence-electron chi connectivity index (χ3n) is 5.59. The average Bonchev–Trinajstić information content (AvgIpc) is 2.93. The van der Waals surface area contributed by atoms with Gasteiger partial charge < -0.3 is 10.6 Å². The van der Waals surface area contributed by atoms with Crippen LogP contribution in [0.3, 0.4) is 0 Å². The third-order valence-corrected chi connectivity index (χ3v) is 5.82. The molecule has 0 aromatic heterocycles. The van der Waals surface area contributed by atoms with Crippen molar-refractivity contribution in [3.63, 3.8) is 0 Å². The molecule has 2 saturated heterocycles. The lowest BCUT2D eigenvalue weighted by molar-refractivity contribution is -0.131. The van der Waals surface area contributed by atoms with Crippen LogP contribution in [0.15, 0.2) is 48.5 Å². The molecule has 4 nitrogen and oxygen atoms in total. The summed E-state index contributed by atoms with van der Waals surface area (Å²) in [4.78, 5) is 17.2. The number of halogens is 2. The van der Waals surface area contributed by atoms with Gasteiger partial charge in [-0.15, -0.1) is 0 Å². The predicted molar refractivity (Wildman–Crippen MR) is 110 cm³/mol. The largest absolute Gasteiger partial charge is 0.398 e. The predicted octanol–water partition coefficient (Wildman–Crippen LogP) is 3.95. The maximum absolute atomic E-state index is 13.1. The number of hydrogen-bond acceptors (Lipinski definition) is 3. The summed E-state index contributed by atoms with van der Waals surface area (Å²) in [5.41, 5.74) is 8.41. The fourth-order valence-electron chi connectivity index (χ4n) is 4.27. The number of fused-ring (bicyclic) bond motifs is 2. The topological polar surface area (TPSA) is 49.6 Å². The van der Waals surface area contributed by atoms with Crippen molar-refractivity contribution in [3.05, 3.63) is 70.5 Å². The van der Waals surface area contributed by atoms with Gasteiger partial charge in [-0.05, 0) is 54.3 Å². The molecule has 6 heteroatoms. The SMILES string of the molecule is Nc1cc(Cl)ccc1/C=C/C(=O)N1C2CCC1CN(Cc1ccc(F)cc1)C2. The Morgan fingerprint density at radius 1 is 1.14 bits per heavy atom. The summed E-state index contributed by atoms with van der Waals surface area (Å²) < 4.78 is 13.1. The van der Waals surface area contributed by atoms with Gasteiger partial charge in [-0.25, -0.2) is 4.39 Å². The number of likely N-dealkylation sites (tertiary alicyclic amines) is 1. The van der Waals surface area contributed by atoms with Crippen molar-refractivity contribution >= 4 is 29.3 Å². The number of hydrogen-bond donors (Lipinski definition) is 1. The molecular formula is C22H23ClFN3O. The van der Waals surface area contributed by atoms with Gasteiger partial charge in [-0.3, -0.25) is 9.69 Å². The van der Waals surface area contributed by atoms with Gasteiger partial charge in [-0.1, -0.05) is 29.8 Å². The van der Waals surface area contributed by atoms with Crippen LogP contribution in [0.4, 0.5) is 10.1 Å². The quantitative estimate of drug-likeness (QED) is 0.625. The van der Waals surface area contributed by atoms with E-state index in [1.807, 2.05) is 23.1 Å². The summed E-state index contributed by atoms with van der Waals surface area (Å²) in [6.07, 6.45) is 5.42. The Balaban J connectivity index is 1.41. The number of amides is 1. The molecule has 1 amide bonds. The normalized spacial score (nSPS) is 22.1. The smallest absolute Gasteiger partial charge is 0.247 e. The van der Waals surface area contributed by atoms with Crippen LogP contribution in [0.25, 0.3) is 6.08 Å². The summed E-state index contributed by atoms with van der Waals surface area (Å²) in [6, 6.07) is 12.4. The molecule has 0 aliphatic carbocycles. The second-order valence-corrected chi connectivity index (χ2v) is 7.99. The first-order chi connectivity index (χ1) is 13.5. The fourth-order valence-corrected chi connectivity index (χ4v) is 4.45. The van der Waals surface area contributed by atoms with Crippen molar-refractivity contribution in [2.24, 2.45) is 0 Å². The Morgan fingerprint density at radius 3 is 2.46 bits per heavy atom. The number of nitrogens with zero attached hydrogens (tertiary/aromatic N) is 2. The van der Waals surface area contributed by atoms with E-state index in [1.165, 1.54) is 12.1 Å². The van der Waals surface area contributed by atoms with E-state index in [2.05, 4.69) is 4.90 Å². The lowest BCUT2D eigenvalue weighted by atomic mass is 10.1. The second kappa shape index (κ2) is 7.94. The highest BCUT2D eigenvalue weighted by Gasteiger charge is 2.41. The van der Waals surface area contributed by atoms with Crippen LogP contribution in [0.5, 0.6) is 0 Å². The molecule has 0 saturated carbocycles. The number of rotatable bonds is 4. The third kappa shape index (κ3) is 4.05. The summed E-state index contributed by atoms with van der Waals surface area (Å²) in [7, 11) is 0. The Kier molecular flexibility index (Phi) is 5.38. The van der Waals surface area contributed by atoms with Gasteiger partial charge in [0.1, 0.15) is 5.82 Å². The minimum atomic E-state index is -0.215. The first-order valence-corrected chi connectivity index (χ1v) is 9.89. The maximum Gasteiger partial charge on any atom is 0.247 e. The molecule has 0 spiro atoms. The molecule has 146 valence electrons. The Hall–Kier alpha value is -2.37. The molecule has 2 aromatic carbocycles. The standard InChI is InChI=1S/C22H23ClFN3O/c23-17-5-3-16(21(25)11-17)4-10-22(28)27-19-8-9-20(27)14-26(13-19)12-15-1-6-18(24)7-2-15/h1-7,10-11,19-20H,8-9,12-14,25H2/b10-4+. The maximum atomic E-state index is 13.1. The van der Waals surface area contributed by atoms with Crippen molar-refractivity contribution in [2.45, 2.75) is 31.5 Å². The average molecular weight is 400 g/mol. The highest BCUT2D eigenvalue weighted by atomic mass is 35.5. The van der Waals surface area contributed by atoms with Crippen LogP contribution < -0.4 is 5.73 Å². The Labute approximate surface area is 169 Å². The zero-order chi connectivity index (χ0) is 19.7. The van der Waals surface area contributed by atoms with E-state index in [-0.39, 0.29) is 23.8 Å². The second-order valence-electron chi connectivity index (χ2n) is 7.56. The summed E-state index contributed by atoms with van der Waals surface area (Å²) in [6.45, 7) is 2.47. The zero-order valence-corrected chi connectivity index (χ0v) is 16.3. The van der Waals surface area contributed by atoms with Crippen molar-refractivity contribution in [1.29, 1.82) is 0 Å². The lowest BCUT2D eigenvalue weighted by Crippen LogP contribution is -2.55. The van der Waals surface area contributed by atoms with E-state index in [9.17, 15) is 9.18 Å². The molecule has 0 radical (unpaired) electrons. The van der Waals surface area contributed by atoms with Gasteiger partial charge in [0.25, 0.3) is 0 Å². The van der Waals surface area contributed by atoms with Gasteiger partial charge >= 0.3 is 0 Å². The summed E-state index contributed by atoms with van der Waals surface area (Å²) >= 11 is 5.92. The monoisotopic (exact) mass is 399 g/mol. The molecule has 2 unspecified atom stereocenters. The molecule has 2 aliphatic heterocycles. The van der Waals surface area contributed by atoms with Crippen LogP contribution in [0.1, 0.15) is 24.0 Å². The van der Waals surface area contributed by atoms with E-state index in [0.717, 1.165) is 43.6 Å². The molecule has 28 heavy (non-hydrogen) atoms. The minimum Gasteiger partial charge on any atom is -0.398 e. The van der Waals surface area contributed by atoms with Crippen LogP contribution >= 0.6 is 11.6 Å². The van der Waals surface area contributed by atoms with Crippen molar-refractivity contribution in [1.82, 2.24) is 9.80 Å². The first-order valence-electron chi connectivity index (χ1n) is 9.52. The molecule has 4 rings (SSSR count). The number of anilines is 1. The first kappa shape index (κ1) is 19.0. The van der Waals surface area contributed by atoms with Crippen LogP contribution in [-0.2, 0) is 11.3 Å². The zero-order valence-electron chi connectivity index (χ0n) is 15.5. The molecule has 2 atom stereocenters. The summed E-state index contributed by atoms with van der Waals surface area (Å²) in [5.74, 6) is -0.185. The number of carbonyl (C=O) groups is 1. The van der Waals surface area contributed by atoms with Gasteiger partial charge in [0.05, 0.1) is 0 Å². The van der Waals surface area contributed by atoms with E-state index in [4.69, 9.17) is 17.3 Å². The van der Waals surface area contributed by atoms with Gasteiger partial charge in [0.2, 0.25) is 5.91 Å². The van der Waals surface area contributed by atoms with Crippen LogP contribution in [0.2, 0.25) is 5.02 Å². The van der Waals surface area contributed by atoms with Gasteiger partial charge in [0, 0.05) is 48.5 Å². The van der Waals surface area contributed by atoms with Crippen molar-refractivity contribution < 1.29 is 9.18 Å². The van der Waals surface area contributed by atoms with Crippen molar-refractivity contribution in [3.8, 4) is 0 Å². The van der Waals surface area contributed by atoms with Crippen LogP contribution in [0, 0.1) is 5.82 Å². The van der Waals surface area contributed by atoms with Crippen molar-refractivity contribution in [2.75, 3.05) is 18.8 Å². The Bertz CT molecular complexity index is 885.